The van der Waals surface area contributed by atoms with Gasteiger partial charge in [0.2, 0.25) is 5.82 Å². The van der Waals surface area contributed by atoms with Gasteiger partial charge in [0.15, 0.2) is 0 Å². The molecule has 1 aromatic carbocycles. The van der Waals surface area contributed by atoms with Crippen LogP contribution >= 0.6 is 11.8 Å². The molecule has 0 amide bonds. The van der Waals surface area contributed by atoms with Crippen LogP contribution in [0, 0.1) is 21.4 Å². The highest BCUT2D eigenvalue weighted by Gasteiger charge is 2.17. The van der Waals surface area contributed by atoms with Gasteiger partial charge in [-0.3, -0.25) is 10.1 Å². The molecule has 10 heteroatoms. The predicted molar refractivity (Wildman–Crippen MR) is 97.2 cm³/mol. The first-order chi connectivity index (χ1) is 12.7. The fourth-order valence-corrected chi connectivity index (χ4v) is 4.13. The molecule has 9 nitrogen and oxygen atoms in total. The molecule has 1 aliphatic carbocycles. The number of nitrogens with zero attached hydrogens (tertiary/aromatic N) is 5. The maximum Gasteiger partial charge on any atom is 0.272 e. The summed E-state index contributed by atoms with van der Waals surface area (Å²) < 4.78 is 0. The van der Waals surface area contributed by atoms with Crippen LogP contribution < -0.4 is 5.32 Å². The van der Waals surface area contributed by atoms with Crippen molar-refractivity contribution < 1.29 is 4.92 Å². The van der Waals surface area contributed by atoms with Gasteiger partial charge < -0.3 is 5.32 Å². The van der Waals surface area contributed by atoms with Gasteiger partial charge in [-0.25, -0.2) is 0 Å². The second-order valence-corrected chi connectivity index (χ2v) is 7.27. The van der Waals surface area contributed by atoms with E-state index in [0.29, 0.717) is 10.9 Å². The zero-order valence-electron chi connectivity index (χ0n) is 13.9. The molecule has 0 saturated heterocycles. The van der Waals surface area contributed by atoms with Gasteiger partial charge in [-0.15, -0.1) is 22.0 Å². The Labute approximate surface area is 154 Å². The summed E-state index contributed by atoms with van der Waals surface area (Å²) in [6.45, 7) is 0. The van der Waals surface area contributed by atoms with Crippen molar-refractivity contribution in [1.82, 2.24) is 20.6 Å². The van der Waals surface area contributed by atoms with Crippen LogP contribution in [0.1, 0.15) is 37.9 Å². The minimum atomic E-state index is -0.412. The standard InChI is InChI=1S/C16H17N7O2S/c17-9-11(16-19-21-22-20-16)10-18-12-6-13(23(24)25)8-15(7-12)26-14-4-2-1-3-5-14/h6-8,10,14,18H,1-5H2,(H,19,20,21,22). The Morgan fingerprint density at radius 1 is 1.38 bits per heavy atom. The first-order valence-electron chi connectivity index (χ1n) is 8.22. The number of hydrogen-bond acceptors (Lipinski definition) is 8. The normalized spacial score (nSPS) is 15.4. The van der Waals surface area contributed by atoms with E-state index < -0.39 is 4.92 Å². The van der Waals surface area contributed by atoms with Crippen LogP contribution in [0.3, 0.4) is 0 Å². The first kappa shape index (κ1) is 17.9. The van der Waals surface area contributed by atoms with E-state index in [0.717, 1.165) is 17.7 Å². The van der Waals surface area contributed by atoms with Crippen molar-refractivity contribution in [2.24, 2.45) is 0 Å². The Morgan fingerprint density at radius 3 is 2.85 bits per heavy atom. The fourth-order valence-electron chi connectivity index (χ4n) is 2.79. The second kappa shape index (κ2) is 8.44. The highest BCUT2D eigenvalue weighted by molar-refractivity contribution is 8.00. The number of benzene rings is 1. The van der Waals surface area contributed by atoms with E-state index in [1.54, 1.807) is 17.8 Å². The van der Waals surface area contributed by atoms with Crippen LogP contribution in [0.4, 0.5) is 11.4 Å². The molecule has 0 unspecified atom stereocenters. The highest BCUT2D eigenvalue weighted by Crippen LogP contribution is 2.36. The second-order valence-electron chi connectivity index (χ2n) is 5.90. The van der Waals surface area contributed by atoms with Gasteiger partial charge in [0.25, 0.3) is 5.69 Å². The van der Waals surface area contributed by atoms with Crippen molar-refractivity contribution in [3.05, 3.63) is 40.3 Å². The van der Waals surface area contributed by atoms with Gasteiger partial charge in [0.05, 0.1) is 4.92 Å². The third-order valence-electron chi connectivity index (χ3n) is 4.05. The van der Waals surface area contributed by atoms with Crippen LogP contribution in [-0.4, -0.2) is 30.8 Å². The third-order valence-corrected chi connectivity index (χ3v) is 5.36. The number of thioether (sulfide) groups is 1. The van der Waals surface area contributed by atoms with Gasteiger partial charge in [-0.1, -0.05) is 19.3 Å². The van der Waals surface area contributed by atoms with Gasteiger partial charge in [-0.05, 0) is 24.1 Å². The highest BCUT2D eigenvalue weighted by atomic mass is 32.2. The zero-order valence-corrected chi connectivity index (χ0v) is 14.7. The fraction of sp³-hybridized carbons (Fsp3) is 0.375. The van der Waals surface area contributed by atoms with E-state index in [-0.39, 0.29) is 17.1 Å². The molecular formula is C16H17N7O2S. The number of H-pyrrole nitrogens is 1. The Kier molecular flexibility index (Phi) is 5.80. The van der Waals surface area contributed by atoms with Gasteiger partial charge in [0, 0.05) is 34.2 Å². The average Bonchev–Trinajstić information content (AvgIpc) is 3.17. The van der Waals surface area contributed by atoms with Crippen molar-refractivity contribution >= 4 is 28.7 Å². The molecule has 0 spiro atoms. The zero-order chi connectivity index (χ0) is 18.4. The Hall–Kier alpha value is -2.93. The molecular weight excluding hydrogens is 354 g/mol. The number of tetrazole rings is 1. The third kappa shape index (κ3) is 4.58. The molecule has 134 valence electrons. The maximum absolute atomic E-state index is 11.2. The number of allylic oxidation sites excluding steroid dienone is 1. The average molecular weight is 371 g/mol. The Bertz CT molecular complexity index is 839. The van der Waals surface area contributed by atoms with Crippen LogP contribution in [0.25, 0.3) is 5.57 Å². The molecule has 0 aliphatic heterocycles. The minimum Gasteiger partial charge on any atom is -0.360 e. The number of nitro benzene ring substituents is 1. The van der Waals surface area contributed by atoms with Gasteiger partial charge in [0.1, 0.15) is 11.6 Å². The summed E-state index contributed by atoms with van der Waals surface area (Å²) in [7, 11) is 0. The Morgan fingerprint density at radius 2 is 2.19 bits per heavy atom. The smallest absolute Gasteiger partial charge is 0.272 e. The molecule has 1 heterocycles. The summed E-state index contributed by atoms with van der Waals surface area (Å²) in [4.78, 5) is 11.7. The number of aromatic nitrogens is 4. The summed E-state index contributed by atoms with van der Waals surface area (Å²) >= 11 is 1.68. The van der Waals surface area contributed by atoms with Crippen LogP contribution in [-0.2, 0) is 0 Å². The molecule has 3 rings (SSSR count). The number of nitrogens with one attached hydrogen (secondary N) is 2. The van der Waals surface area contributed by atoms with Crippen molar-refractivity contribution in [1.29, 1.82) is 5.26 Å². The van der Waals surface area contributed by atoms with E-state index in [4.69, 9.17) is 0 Å². The summed E-state index contributed by atoms with van der Waals surface area (Å²) in [5.74, 6) is 0.155. The van der Waals surface area contributed by atoms with E-state index in [1.807, 2.05) is 12.1 Å². The molecule has 2 N–H and O–H groups in total. The van der Waals surface area contributed by atoms with Crippen molar-refractivity contribution in [2.45, 2.75) is 42.2 Å². The lowest BCUT2D eigenvalue weighted by molar-refractivity contribution is -0.385. The van der Waals surface area contributed by atoms with Crippen molar-refractivity contribution in [3.8, 4) is 6.07 Å². The maximum atomic E-state index is 11.2. The van der Waals surface area contributed by atoms with Crippen LogP contribution in [0.5, 0.6) is 0 Å². The lowest BCUT2D eigenvalue weighted by Gasteiger charge is -2.21. The lowest BCUT2D eigenvalue weighted by atomic mass is 10.0. The number of nitriles is 1. The van der Waals surface area contributed by atoms with Gasteiger partial charge in [-0.2, -0.15) is 10.5 Å². The number of aromatic amines is 1. The van der Waals surface area contributed by atoms with Crippen molar-refractivity contribution in [3.63, 3.8) is 0 Å². The summed E-state index contributed by atoms with van der Waals surface area (Å²) in [6, 6.07) is 6.86. The van der Waals surface area contributed by atoms with Crippen LogP contribution in [0.15, 0.2) is 29.3 Å². The van der Waals surface area contributed by atoms with E-state index in [1.165, 1.54) is 31.5 Å². The molecule has 1 aromatic heterocycles. The SMILES string of the molecule is N#CC(=CNc1cc(SC2CCCCC2)cc([N+](=O)[O-])c1)c1nn[nH]n1. The number of non-ortho nitro benzene ring substituents is 1. The van der Waals surface area contributed by atoms with E-state index in [2.05, 4.69) is 25.9 Å². The minimum absolute atomic E-state index is 0.0137. The monoisotopic (exact) mass is 371 g/mol. The predicted octanol–water partition coefficient (Wildman–Crippen LogP) is 3.51. The molecule has 1 saturated carbocycles. The summed E-state index contributed by atoms with van der Waals surface area (Å²) in [5, 5.41) is 37.1. The first-order valence-corrected chi connectivity index (χ1v) is 9.10. The number of hydrogen-bond donors (Lipinski definition) is 2. The quantitative estimate of drug-likeness (QED) is 0.447. The molecule has 1 aliphatic rings. The number of rotatable bonds is 6. The van der Waals surface area contributed by atoms with E-state index >= 15 is 0 Å². The molecule has 26 heavy (non-hydrogen) atoms. The molecule has 0 bridgehead atoms. The Balaban J connectivity index is 1.81. The largest absolute Gasteiger partial charge is 0.360 e. The van der Waals surface area contributed by atoms with Gasteiger partial charge >= 0.3 is 0 Å². The van der Waals surface area contributed by atoms with Crippen molar-refractivity contribution in [2.75, 3.05) is 5.32 Å². The summed E-state index contributed by atoms with van der Waals surface area (Å²) in [6.07, 6.45) is 7.35. The molecule has 2 aromatic rings. The topological polar surface area (TPSA) is 133 Å². The molecule has 1 fully saturated rings. The number of nitro groups is 1. The van der Waals surface area contributed by atoms with Crippen LogP contribution in [0.2, 0.25) is 0 Å². The molecule has 0 radical (unpaired) electrons. The van der Waals surface area contributed by atoms with E-state index in [9.17, 15) is 15.4 Å². The number of anilines is 1. The lowest BCUT2D eigenvalue weighted by Crippen LogP contribution is -2.07. The molecule has 0 atom stereocenters. The summed E-state index contributed by atoms with van der Waals surface area (Å²) in [5.41, 5.74) is 0.722.